The maximum Gasteiger partial charge on any atom is 0.311 e. The lowest BCUT2D eigenvalue weighted by atomic mass is 9.93. The summed E-state index contributed by atoms with van der Waals surface area (Å²) in [6, 6.07) is 0. The summed E-state index contributed by atoms with van der Waals surface area (Å²) in [5, 5.41) is 9.63. The van der Waals surface area contributed by atoms with Crippen molar-refractivity contribution in [2.75, 3.05) is 7.11 Å². The van der Waals surface area contributed by atoms with Gasteiger partial charge in [0.1, 0.15) is 12.4 Å². The maximum absolute atomic E-state index is 11.4. The van der Waals surface area contributed by atoms with Crippen molar-refractivity contribution < 1.29 is 24.2 Å². The smallest absolute Gasteiger partial charge is 0.311 e. The molecule has 5 heteroatoms. The number of carbonyl (C=O) groups excluding carboxylic acids is 3. The van der Waals surface area contributed by atoms with Crippen molar-refractivity contribution in [3.8, 4) is 0 Å². The standard InChI is InChI=1S/C13H22O5/c1-10(15)12(16)11(13(17)18-2)8-6-4-3-5-7-9-14/h9,11-12,16H,3-8H2,1-2H3/t11-,12-/m0/s1. The third-order valence-corrected chi connectivity index (χ3v) is 2.89. The Hall–Kier alpha value is -1.23. The average Bonchev–Trinajstić information content (AvgIpc) is 2.36. The summed E-state index contributed by atoms with van der Waals surface area (Å²) in [7, 11) is 1.24. The number of methoxy groups -OCH3 is 1. The van der Waals surface area contributed by atoms with Crippen LogP contribution in [0, 0.1) is 5.92 Å². The lowest BCUT2D eigenvalue weighted by Crippen LogP contribution is -2.34. The maximum atomic E-state index is 11.4. The van der Waals surface area contributed by atoms with Crippen LogP contribution < -0.4 is 0 Å². The Kier molecular flexibility index (Phi) is 9.10. The van der Waals surface area contributed by atoms with Gasteiger partial charge in [-0.05, 0) is 19.8 Å². The highest BCUT2D eigenvalue weighted by Crippen LogP contribution is 2.17. The minimum absolute atomic E-state index is 0.425. The van der Waals surface area contributed by atoms with Crippen molar-refractivity contribution in [1.82, 2.24) is 0 Å². The summed E-state index contributed by atoms with van der Waals surface area (Å²) >= 11 is 0. The number of ether oxygens (including phenoxy) is 1. The molecule has 0 aromatic carbocycles. The van der Waals surface area contributed by atoms with Crippen LogP contribution in [0.2, 0.25) is 0 Å². The van der Waals surface area contributed by atoms with Gasteiger partial charge in [0.25, 0.3) is 0 Å². The molecule has 0 spiro atoms. The third kappa shape index (κ3) is 6.49. The molecule has 104 valence electrons. The van der Waals surface area contributed by atoms with Crippen molar-refractivity contribution in [3.63, 3.8) is 0 Å². The number of unbranched alkanes of at least 4 members (excludes halogenated alkanes) is 4. The largest absolute Gasteiger partial charge is 0.469 e. The highest BCUT2D eigenvalue weighted by Gasteiger charge is 2.30. The lowest BCUT2D eigenvalue weighted by Gasteiger charge is -2.18. The molecular weight excluding hydrogens is 236 g/mol. The number of rotatable bonds is 10. The number of aliphatic hydroxyl groups is 1. The normalized spacial score (nSPS) is 13.7. The van der Waals surface area contributed by atoms with Gasteiger partial charge in [0, 0.05) is 6.42 Å². The van der Waals surface area contributed by atoms with E-state index in [-0.39, 0.29) is 0 Å². The summed E-state index contributed by atoms with van der Waals surface area (Å²) < 4.78 is 4.58. The van der Waals surface area contributed by atoms with Gasteiger partial charge in [0.05, 0.1) is 13.0 Å². The van der Waals surface area contributed by atoms with Crippen LogP contribution in [0.3, 0.4) is 0 Å². The molecule has 0 heterocycles. The molecule has 0 bridgehead atoms. The Morgan fingerprint density at radius 3 is 2.33 bits per heavy atom. The number of Topliss-reactive ketones (excluding diaryl/α,β-unsaturated/α-hetero) is 1. The number of aliphatic hydroxyl groups excluding tert-OH is 1. The average molecular weight is 258 g/mol. The van der Waals surface area contributed by atoms with Gasteiger partial charge in [-0.15, -0.1) is 0 Å². The minimum atomic E-state index is -1.28. The Morgan fingerprint density at radius 2 is 1.83 bits per heavy atom. The first kappa shape index (κ1) is 16.8. The van der Waals surface area contributed by atoms with Crippen LogP contribution in [-0.2, 0) is 19.1 Å². The van der Waals surface area contributed by atoms with Gasteiger partial charge in [-0.3, -0.25) is 9.59 Å². The molecule has 0 fully saturated rings. The summed E-state index contributed by atoms with van der Waals surface area (Å²) in [4.78, 5) is 32.6. The highest BCUT2D eigenvalue weighted by molar-refractivity contribution is 5.86. The molecule has 18 heavy (non-hydrogen) atoms. The van der Waals surface area contributed by atoms with Gasteiger partial charge in [-0.1, -0.05) is 19.3 Å². The van der Waals surface area contributed by atoms with Crippen molar-refractivity contribution in [2.24, 2.45) is 5.92 Å². The lowest BCUT2D eigenvalue weighted by molar-refractivity contribution is -0.153. The van der Waals surface area contributed by atoms with Crippen LogP contribution >= 0.6 is 0 Å². The van der Waals surface area contributed by atoms with Crippen LogP contribution in [0.1, 0.15) is 45.4 Å². The quantitative estimate of drug-likeness (QED) is 0.362. The first-order valence-corrected chi connectivity index (χ1v) is 6.24. The minimum Gasteiger partial charge on any atom is -0.469 e. The van der Waals surface area contributed by atoms with E-state index in [9.17, 15) is 19.5 Å². The molecule has 0 aliphatic rings. The number of ketones is 1. The molecule has 0 aromatic heterocycles. The molecule has 0 radical (unpaired) electrons. The van der Waals surface area contributed by atoms with E-state index in [1.165, 1.54) is 14.0 Å². The topological polar surface area (TPSA) is 80.7 Å². The molecule has 0 amide bonds. The molecule has 2 atom stereocenters. The molecule has 0 saturated heterocycles. The van der Waals surface area contributed by atoms with Crippen LogP contribution in [0.5, 0.6) is 0 Å². The fourth-order valence-corrected chi connectivity index (χ4v) is 1.78. The molecule has 0 rings (SSSR count). The van der Waals surface area contributed by atoms with Crippen LogP contribution in [0.15, 0.2) is 0 Å². The Morgan fingerprint density at radius 1 is 1.22 bits per heavy atom. The first-order valence-electron chi connectivity index (χ1n) is 6.24. The van der Waals surface area contributed by atoms with E-state index in [2.05, 4.69) is 4.74 Å². The third-order valence-electron chi connectivity index (χ3n) is 2.89. The zero-order chi connectivity index (χ0) is 14.0. The van der Waals surface area contributed by atoms with E-state index in [0.29, 0.717) is 12.8 Å². The SMILES string of the molecule is COC(=O)[C@@H](CCCCCCC=O)[C@@H](O)C(C)=O. The monoisotopic (exact) mass is 258 g/mol. The zero-order valence-corrected chi connectivity index (χ0v) is 11.1. The predicted molar refractivity (Wildman–Crippen MR) is 66.0 cm³/mol. The molecule has 0 aliphatic heterocycles. The van der Waals surface area contributed by atoms with E-state index in [1.54, 1.807) is 0 Å². The fraction of sp³-hybridized carbons (Fsp3) is 0.769. The Bertz CT molecular complexity index is 275. The molecular formula is C13H22O5. The van der Waals surface area contributed by atoms with Crippen molar-refractivity contribution >= 4 is 18.0 Å². The number of aldehydes is 1. The van der Waals surface area contributed by atoms with Crippen molar-refractivity contribution in [3.05, 3.63) is 0 Å². The Balaban J connectivity index is 4.06. The van der Waals surface area contributed by atoms with Crippen molar-refractivity contribution in [2.45, 2.75) is 51.6 Å². The first-order chi connectivity index (χ1) is 8.54. The highest BCUT2D eigenvalue weighted by atomic mass is 16.5. The van der Waals surface area contributed by atoms with Gasteiger partial charge in [0.15, 0.2) is 5.78 Å². The predicted octanol–water partition coefficient (Wildman–Crippen LogP) is 1.26. The van der Waals surface area contributed by atoms with Gasteiger partial charge in [-0.2, -0.15) is 0 Å². The van der Waals surface area contributed by atoms with Gasteiger partial charge in [0.2, 0.25) is 0 Å². The summed E-state index contributed by atoms with van der Waals surface area (Å²) in [5.41, 5.74) is 0. The van der Waals surface area contributed by atoms with Crippen LogP contribution in [-0.4, -0.2) is 36.4 Å². The van der Waals surface area contributed by atoms with E-state index >= 15 is 0 Å². The van der Waals surface area contributed by atoms with Gasteiger partial charge >= 0.3 is 5.97 Å². The molecule has 0 aliphatic carbocycles. The summed E-state index contributed by atoms with van der Waals surface area (Å²) in [6.45, 7) is 1.25. The van der Waals surface area contributed by atoms with E-state index < -0.39 is 23.8 Å². The van der Waals surface area contributed by atoms with E-state index in [0.717, 1.165) is 32.0 Å². The van der Waals surface area contributed by atoms with Crippen LogP contribution in [0.25, 0.3) is 0 Å². The zero-order valence-electron chi connectivity index (χ0n) is 11.1. The molecule has 5 nitrogen and oxygen atoms in total. The van der Waals surface area contributed by atoms with Gasteiger partial charge < -0.3 is 14.6 Å². The molecule has 0 aromatic rings. The number of esters is 1. The van der Waals surface area contributed by atoms with E-state index in [4.69, 9.17) is 0 Å². The summed E-state index contributed by atoms with van der Waals surface area (Å²) in [5.74, 6) is -1.75. The fourth-order valence-electron chi connectivity index (χ4n) is 1.78. The van der Waals surface area contributed by atoms with E-state index in [1.807, 2.05) is 0 Å². The number of hydrogen-bond donors (Lipinski definition) is 1. The van der Waals surface area contributed by atoms with Crippen molar-refractivity contribution in [1.29, 1.82) is 0 Å². The second-order valence-corrected chi connectivity index (χ2v) is 4.34. The number of hydrogen-bond acceptors (Lipinski definition) is 5. The second kappa shape index (κ2) is 9.76. The van der Waals surface area contributed by atoms with Gasteiger partial charge in [-0.25, -0.2) is 0 Å². The molecule has 0 saturated carbocycles. The number of carbonyl (C=O) groups is 3. The molecule has 1 N–H and O–H groups in total. The summed E-state index contributed by atoms with van der Waals surface area (Å²) in [6.07, 6.45) is 3.91. The van der Waals surface area contributed by atoms with Crippen LogP contribution in [0.4, 0.5) is 0 Å². The Labute approximate surface area is 108 Å². The molecule has 0 unspecified atom stereocenters. The second-order valence-electron chi connectivity index (χ2n) is 4.34.